The van der Waals surface area contributed by atoms with Crippen LogP contribution in [-0.2, 0) is 4.79 Å². The molecule has 2 N–H and O–H groups in total. The Kier molecular flexibility index (Phi) is 8.15. The molecule has 2 aromatic rings. The summed E-state index contributed by atoms with van der Waals surface area (Å²) >= 11 is 0. The van der Waals surface area contributed by atoms with Crippen LogP contribution in [-0.4, -0.2) is 54.9 Å². The highest BCUT2D eigenvalue weighted by Gasteiger charge is 2.23. The molecule has 0 aliphatic carbocycles. The molecule has 1 saturated heterocycles. The Morgan fingerprint density at radius 3 is 2.47 bits per heavy atom. The van der Waals surface area contributed by atoms with Gasteiger partial charge in [0, 0.05) is 24.2 Å². The first-order chi connectivity index (χ1) is 15.5. The first kappa shape index (κ1) is 23.2. The van der Waals surface area contributed by atoms with Crippen LogP contribution in [0.25, 0.3) is 0 Å². The topological polar surface area (TPSA) is 114 Å². The first-order valence-corrected chi connectivity index (χ1v) is 10.7. The molecule has 9 heteroatoms. The van der Waals surface area contributed by atoms with E-state index in [-0.39, 0.29) is 29.7 Å². The lowest BCUT2D eigenvalue weighted by Gasteiger charge is -2.35. The first-order valence-electron chi connectivity index (χ1n) is 10.7. The highest BCUT2D eigenvalue weighted by atomic mass is 16.6. The lowest BCUT2D eigenvalue weighted by molar-refractivity contribution is -0.384. The molecular weight excluding hydrogens is 412 g/mol. The van der Waals surface area contributed by atoms with Crippen molar-refractivity contribution in [3.63, 3.8) is 0 Å². The number of benzene rings is 2. The van der Waals surface area contributed by atoms with Crippen molar-refractivity contribution in [1.82, 2.24) is 15.5 Å². The number of likely N-dealkylation sites (tertiary alicyclic amines) is 1. The van der Waals surface area contributed by atoms with E-state index in [4.69, 9.17) is 4.74 Å². The number of rotatable bonds is 9. The molecule has 0 aromatic heterocycles. The molecule has 0 radical (unpaired) electrons. The molecular formula is C23H28N4O5. The molecule has 3 rings (SSSR count). The fourth-order valence-corrected chi connectivity index (χ4v) is 3.81. The van der Waals surface area contributed by atoms with Crippen molar-refractivity contribution in [2.75, 3.05) is 33.3 Å². The van der Waals surface area contributed by atoms with Crippen LogP contribution in [0.15, 0.2) is 48.5 Å². The molecule has 2 amide bonds. The fourth-order valence-electron chi connectivity index (χ4n) is 3.81. The maximum atomic E-state index is 12.4. The van der Waals surface area contributed by atoms with Gasteiger partial charge in [0.15, 0.2) is 0 Å². The summed E-state index contributed by atoms with van der Waals surface area (Å²) < 4.78 is 5.24. The number of nitro groups is 1. The summed E-state index contributed by atoms with van der Waals surface area (Å²) in [5.74, 6) is -0.0788. The van der Waals surface area contributed by atoms with Crippen LogP contribution < -0.4 is 15.4 Å². The van der Waals surface area contributed by atoms with Crippen molar-refractivity contribution in [2.24, 2.45) is 0 Å². The molecule has 1 heterocycles. The predicted octanol–water partition coefficient (Wildman–Crippen LogP) is 2.68. The Morgan fingerprint density at radius 2 is 1.81 bits per heavy atom. The molecule has 0 saturated carbocycles. The van der Waals surface area contributed by atoms with Crippen molar-refractivity contribution in [3.8, 4) is 5.75 Å². The number of nitrogens with zero attached hydrogens (tertiary/aromatic N) is 2. The number of amides is 2. The standard InChI is InChI=1S/C23H28N4O5/c1-32-20-10-8-17(9-11-20)21(26-12-3-2-4-13-26)15-24-22(28)16-25-23(29)18-6-5-7-19(14-18)27(30)31/h5-11,14,21H,2-4,12-13,15-16H2,1H3,(H,24,28)(H,25,29). The largest absolute Gasteiger partial charge is 0.497 e. The van der Waals surface area contributed by atoms with Crippen LogP contribution >= 0.6 is 0 Å². The molecule has 0 spiro atoms. The third-order valence-electron chi connectivity index (χ3n) is 5.55. The summed E-state index contributed by atoms with van der Waals surface area (Å²) in [6.45, 7) is 2.14. The lowest BCUT2D eigenvalue weighted by Crippen LogP contribution is -2.43. The van der Waals surface area contributed by atoms with E-state index in [1.54, 1.807) is 7.11 Å². The van der Waals surface area contributed by atoms with Crippen LogP contribution in [0.3, 0.4) is 0 Å². The minimum Gasteiger partial charge on any atom is -0.497 e. The molecule has 1 fully saturated rings. The van der Waals surface area contributed by atoms with Gasteiger partial charge in [-0.3, -0.25) is 24.6 Å². The summed E-state index contributed by atoms with van der Waals surface area (Å²) in [5, 5.41) is 16.3. The van der Waals surface area contributed by atoms with Crippen LogP contribution in [0.4, 0.5) is 5.69 Å². The van der Waals surface area contributed by atoms with Crippen molar-refractivity contribution in [1.29, 1.82) is 0 Å². The summed E-state index contributed by atoms with van der Waals surface area (Å²) in [4.78, 5) is 37.3. The molecule has 170 valence electrons. The maximum absolute atomic E-state index is 12.4. The summed E-state index contributed by atoms with van der Waals surface area (Å²) in [6.07, 6.45) is 3.46. The Balaban J connectivity index is 1.57. The number of hydrogen-bond donors (Lipinski definition) is 2. The van der Waals surface area contributed by atoms with E-state index in [0.717, 1.165) is 37.2 Å². The zero-order valence-corrected chi connectivity index (χ0v) is 18.1. The maximum Gasteiger partial charge on any atom is 0.270 e. The zero-order valence-electron chi connectivity index (χ0n) is 18.1. The van der Waals surface area contributed by atoms with E-state index < -0.39 is 10.8 Å². The summed E-state index contributed by atoms with van der Waals surface area (Å²) in [6, 6.07) is 13.3. The van der Waals surface area contributed by atoms with Crippen LogP contribution in [0.5, 0.6) is 5.75 Å². The van der Waals surface area contributed by atoms with Gasteiger partial charge in [-0.25, -0.2) is 0 Å². The quantitative estimate of drug-likeness (QED) is 0.458. The minimum atomic E-state index is -0.566. The Morgan fingerprint density at radius 1 is 1.09 bits per heavy atom. The second-order valence-electron chi connectivity index (χ2n) is 7.68. The number of carbonyl (C=O) groups is 2. The number of nitrogens with one attached hydrogen (secondary N) is 2. The molecule has 1 atom stereocenters. The second kappa shape index (κ2) is 11.2. The lowest BCUT2D eigenvalue weighted by atomic mass is 10.0. The molecule has 32 heavy (non-hydrogen) atoms. The highest BCUT2D eigenvalue weighted by Crippen LogP contribution is 2.25. The highest BCUT2D eigenvalue weighted by molar-refractivity contribution is 5.96. The molecule has 1 aliphatic rings. The Bertz CT molecular complexity index is 942. The number of carbonyl (C=O) groups excluding carboxylic acids is 2. The number of ether oxygens (including phenoxy) is 1. The van der Waals surface area contributed by atoms with E-state index in [1.807, 2.05) is 24.3 Å². The smallest absolute Gasteiger partial charge is 0.270 e. The fraction of sp³-hybridized carbons (Fsp3) is 0.391. The van der Waals surface area contributed by atoms with E-state index in [0.29, 0.717) is 6.54 Å². The van der Waals surface area contributed by atoms with Gasteiger partial charge in [0.05, 0.1) is 24.6 Å². The van der Waals surface area contributed by atoms with Gasteiger partial charge in [0.1, 0.15) is 5.75 Å². The Labute approximate surface area is 186 Å². The average molecular weight is 441 g/mol. The van der Waals surface area contributed by atoms with E-state index in [1.165, 1.54) is 30.7 Å². The number of hydrogen-bond acceptors (Lipinski definition) is 6. The average Bonchev–Trinajstić information content (AvgIpc) is 2.83. The molecule has 0 bridgehead atoms. The second-order valence-corrected chi connectivity index (χ2v) is 7.68. The minimum absolute atomic E-state index is 0.0256. The van der Waals surface area contributed by atoms with E-state index in [9.17, 15) is 19.7 Å². The number of nitro benzene ring substituents is 1. The molecule has 1 unspecified atom stereocenters. The van der Waals surface area contributed by atoms with Crippen LogP contribution in [0, 0.1) is 10.1 Å². The van der Waals surface area contributed by atoms with Gasteiger partial charge in [-0.1, -0.05) is 24.6 Å². The van der Waals surface area contributed by atoms with Crippen molar-refractivity contribution in [2.45, 2.75) is 25.3 Å². The molecule has 9 nitrogen and oxygen atoms in total. The van der Waals surface area contributed by atoms with Crippen molar-refractivity contribution >= 4 is 17.5 Å². The molecule has 2 aromatic carbocycles. The number of piperidine rings is 1. The normalized spacial score (nSPS) is 14.9. The Hall–Kier alpha value is -3.46. The predicted molar refractivity (Wildman–Crippen MR) is 120 cm³/mol. The van der Waals surface area contributed by atoms with Crippen LogP contribution in [0.1, 0.15) is 41.2 Å². The van der Waals surface area contributed by atoms with Crippen LogP contribution in [0.2, 0.25) is 0 Å². The van der Waals surface area contributed by atoms with E-state index in [2.05, 4.69) is 15.5 Å². The van der Waals surface area contributed by atoms with Gasteiger partial charge in [0.25, 0.3) is 11.6 Å². The van der Waals surface area contributed by atoms with Gasteiger partial charge < -0.3 is 15.4 Å². The monoisotopic (exact) mass is 440 g/mol. The zero-order chi connectivity index (χ0) is 22.9. The van der Waals surface area contributed by atoms with Crippen molar-refractivity contribution < 1.29 is 19.2 Å². The third kappa shape index (κ3) is 6.27. The number of methoxy groups -OCH3 is 1. The van der Waals surface area contributed by atoms with Gasteiger partial charge in [0.2, 0.25) is 5.91 Å². The summed E-state index contributed by atoms with van der Waals surface area (Å²) in [5.41, 5.74) is 1.05. The van der Waals surface area contributed by atoms with E-state index >= 15 is 0 Å². The SMILES string of the molecule is COc1ccc(C(CNC(=O)CNC(=O)c2cccc([N+](=O)[O-])c2)N2CCCCC2)cc1. The third-order valence-corrected chi connectivity index (χ3v) is 5.55. The van der Waals surface area contributed by atoms with Gasteiger partial charge >= 0.3 is 0 Å². The van der Waals surface area contributed by atoms with Crippen molar-refractivity contribution in [3.05, 3.63) is 69.8 Å². The number of non-ortho nitro benzene ring substituents is 1. The summed E-state index contributed by atoms with van der Waals surface area (Å²) in [7, 11) is 1.62. The molecule has 1 aliphatic heterocycles. The van der Waals surface area contributed by atoms with Gasteiger partial charge in [-0.05, 0) is 49.7 Å². The van der Waals surface area contributed by atoms with Gasteiger partial charge in [-0.2, -0.15) is 0 Å². The van der Waals surface area contributed by atoms with Gasteiger partial charge in [-0.15, -0.1) is 0 Å².